The summed E-state index contributed by atoms with van der Waals surface area (Å²) in [5, 5.41) is 18.3. The standard InChI is InChI=1S/C26H25ClF3N7O2/c1-14-8-22-19(12-35(14)24(38)17-4-5-20(27)18(9-17)10-31)23-25(39)36(11-15(2)37(23)33-22)16(3)21-6-7-34(32-21)13-26(28,29)30/h4-7,9,14-16H,8,11-13H2,1-3H3/t14-,15-,16?/m1/s1. The maximum atomic E-state index is 13.8. The van der Waals surface area contributed by atoms with Crippen molar-refractivity contribution >= 4 is 23.4 Å². The summed E-state index contributed by atoms with van der Waals surface area (Å²) in [5.41, 5.74) is 2.61. The van der Waals surface area contributed by atoms with Crippen LogP contribution in [0.2, 0.25) is 5.02 Å². The number of rotatable bonds is 4. The molecule has 2 aromatic heterocycles. The number of amides is 2. The highest BCUT2D eigenvalue weighted by molar-refractivity contribution is 6.31. The number of aromatic nitrogens is 4. The van der Waals surface area contributed by atoms with Crippen LogP contribution in [0.4, 0.5) is 13.2 Å². The van der Waals surface area contributed by atoms with Crippen molar-refractivity contribution in [2.45, 2.75) is 64.6 Å². The minimum Gasteiger partial charge on any atom is -0.331 e. The Morgan fingerprint density at radius 3 is 2.67 bits per heavy atom. The van der Waals surface area contributed by atoms with E-state index >= 15 is 0 Å². The van der Waals surface area contributed by atoms with Crippen molar-refractivity contribution in [1.82, 2.24) is 29.4 Å². The van der Waals surface area contributed by atoms with Crippen LogP contribution in [0.1, 0.15) is 76.2 Å². The van der Waals surface area contributed by atoms with E-state index in [1.165, 1.54) is 24.4 Å². The Balaban J connectivity index is 1.44. The summed E-state index contributed by atoms with van der Waals surface area (Å²) in [5.74, 6) is -0.613. The van der Waals surface area contributed by atoms with Gasteiger partial charge in [-0.1, -0.05) is 11.6 Å². The molecule has 4 heterocycles. The number of alkyl halides is 3. The zero-order chi connectivity index (χ0) is 28.2. The van der Waals surface area contributed by atoms with Gasteiger partial charge in [-0.25, -0.2) is 0 Å². The fraction of sp³-hybridized carbons (Fsp3) is 0.423. The molecule has 0 spiro atoms. The van der Waals surface area contributed by atoms with Gasteiger partial charge in [0, 0.05) is 36.3 Å². The Morgan fingerprint density at radius 1 is 1.23 bits per heavy atom. The molecule has 2 aliphatic heterocycles. The molecular weight excluding hydrogens is 535 g/mol. The third kappa shape index (κ3) is 4.87. The third-order valence-corrected chi connectivity index (χ3v) is 7.61. The number of carbonyl (C=O) groups excluding carboxylic acids is 2. The second-order valence-corrected chi connectivity index (χ2v) is 10.5. The number of benzene rings is 1. The van der Waals surface area contributed by atoms with Crippen LogP contribution >= 0.6 is 11.6 Å². The maximum Gasteiger partial charge on any atom is 0.408 e. The average molecular weight is 560 g/mol. The fourth-order valence-electron chi connectivity index (χ4n) is 5.24. The molecule has 0 saturated heterocycles. The molecule has 0 bridgehead atoms. The topological polar surface area (TPSA) is 100 Å². The molecule has 1 aromatic carbocycles. The maximum absolute atomic E-state index is 13.8. The van der Waals surface area contributed by atoms with E-state index in [1.807, 2.05) is 19.9 Å². The van der Waals surface area contributed by atoms with E-state index in [9.17, 15) is 28.0 Å². The van der Waals surface area contributed by atoms with Crippen LogP contribution in [0.5, 0.6) is 0 Å². The van der Waals surface area contributed by atoms with E-state index < -0.39 is 18.8 Å². The van der Waals surface area contributed by atoms with Gasteiger partial charge in [0.05, 0.1) is 40.6 Å². The van der Waals surface area contributed by atoms with Gasteiger partial charge >= 0.3 is 6.18 Å². The highest BCUT2D eigenvalue weighted by Crippen LogP contribution is 2.35. The summed E-state index contributed by atoms with van der Waals surface area (Å²) < 4.78 is 40.9. The lowest BCUT2D eigenvalue weighted by molar-refractivity contribution is -0.142. The van der Waals surface area contributed by atoms with Crippen LogP contribution in [-0.4, -0.2) is 59.9 Å². The second-order valence-electron chi connectivity index (χ2n) is 10.0. The predicted octanol–water partition coefficient (Wildman–Crippen LogP) is 4.53. The van der Waals surface area contributed by atoms with Crippen molar-refractivity contribution in [1.29, 1.82) is 5.26 Å². The van der Waals surface area contributed by atoms with Gasteiger partial charge in [0.1, 0.15) is 18.3 Å². The van der Waals surface area contributed by atoms with Gasteiger partial charge in [0.2, 0.25) is 0 Å². The first-order chi connectivity index (χ1) is 18.4. The van der Waals surface area contributed by atoms with E-state index in [1.54, 1.807) is 27.5 Å². The Kier molecular flexibility index (Phi) is 6.66. The van der Waals surface area contributed by atoms with E-state index in [0.717, 1.165) is 10.4 Å². The summed E-state index contributed by atoms with van der Waals surface area (Å²) in [7, 11) is 0. The highest BCUT2D eigenvalue weighted by Gasteiger charge is 2.41. The third-order valence-electron chi connectivity index (χ3n) is 7.28. The molecular formula is C26H25ClF3N7O2. The molecule has 0 aliphatic carbocycles. The first kappa shape index (κ1) is 26.7. The van der Waals surface area contributed by atoms with Crippen LogP contribution in [0.3, 0.4) is 0 Å². The Morgan fingerprint density at radius 2 is 1.97 bits per heavy atom. The summed E-state index contributed by atoms with van der Waals surface area (Å²) in [6.07, 6.45) is -2.71. The average Bonchev–Trinajstić information content (AvgIpc) is 3.48. The molecule has 2 amide bonds. The zero-order valence-electron chi connectivity index (χ0n) is 21.4. The molecule has 0 fully saturated rings. The van der Waals surface area contributed by atoms with Crippen molar-refractivity contribution in [3.8, 4) is 6.07 Å². The van der Waals surface area contributed by atoms with Crippen LogP contribution in [0.15, 0.2) is 30.5 Å². The first-order valence-electron chi connectivity index (χ1n) is 12.4. The molecule has 0 saturated carbocycles. The van der Waals surface area contributed by atoms with Gasteiger partial charge in [0.25, 0.3) is 11.8 Å². The number of fused-ring (bicyclic) bond motifs is 3. The molecule has 3 atom stereocenters. The van der Waals surface area contributed by atoms with Gasteiger partial charge in [-0.05, 0) is 45.0 Å². The summed E-state index contributed by atoms with van der Waals surface area (Å²) in [4.78, 5) is 30.5. The van der Waals surface area contributed by atoms with E-state index in [2.05, 4.69) is 5.10 Å². The summed E-state index contributed by atoms with van der Waals surface area (Å²) >= 11 is 6.03. The van der Waals surface area contributed by atoms with Gasteiger partial charge in [-0.2, -0.15) is 28.6 Å². The van der Waals surface area contributed by atoms with Crippen LogP contribution in [0, 0.1) is 11.3 Å². The van der Waals surface area contributed by atoms with E-state index in [-0.39, 0.29) is 41.0 Å². The SMILES string of the molecule is CC(c1ccn(CC(F)(F)F)n1)N1C[C@@H](C)n2nc3c(c2C1=O)CN(C(=O)c1ccc(Cl)c(C#N)c1)[C@H](C)C3. The lowest BCUT2D eigenvalue weighted by Crippen LogP contribution is -2.45. The van der Waals surface area contributed by atoms with Crippen LogP contribution < -0.4 is 0 Å². The lowest BCUT2D eigenvalue weighted by atomic mass is 9.96. The zero-order valence-corrected chi connectivity index (χ0v) is 22.2. The monoisotopic (exact) mass is 559 g/mol. The minimum atomic E-state index is -4.41. The number of carbonyl (C=O) groups is 2. The minimum absolute atomic E-state index is 0.149. The smallest absolute Gasteiger partial charge is 0.331 e. The fourth-order valence-corrected chi connectivity index (χ4v) is 5.40. The molecule has 3 aromatic rings. The number of nitrogens with zero attached hydrogens (tertiary/aromatic N) is 7. The molecule has 5 rings (SSSR count). The molecule has 0 radical (unpaired) electrons. The van der Waals surface area contributed by atoms with Gasteiger partial charge in [-0.15, -0.1) is 0 Å². The van der Waals surface area contributed by atoms with Gasteiger partial charge < -0.3 is 9.80 Å². The Labute approximate surface area is 227 Å². The van der Waals surface area contributed by atoms with Crippen molar-refractivity contribution in [3.05, 3.63) is 69.3 Å². The summed E-state index contributed by atoms with van der Waals surface area (Å²) in [6.45, 7) is 4.79. The quantitative estimate of drug-likeness (QED) is 0.467. The van der Waals surface area contributed by atoms with E-state index in [4.69, 9.17) is 16.7 Å². The largest absolute Gasteiger partial charge is 0.408 e. The molecule has 9 nitrogen and oxygen atoms in total. The van der Waals surface area contributed by atoms with Crippen molar-refractivity contribution in [2.24, 2.45) is 0 Å². The highest BCUT2D eigenvalue weighted by atomic mass is 35.5. The first-order valence-corrected chi connectivity index (χ1v) is 12.8. The van der Waals surface area contributed by atoms with Gasteiger partial charge in [-0.3, -0.25) is 19.0 Å². The van der Waals surface area contributed by atoms with Crippen LogP contribution in [-0.2, 0) is 19.5 Å². The Bertz CT molecular complexity index is 1510. The summed E-state index contributed by atoms with van der Waals surface area (Å²) in [6, 6.07) is 7.01. The lowest BCUT2D eigenvalue weighted by Gasteiger charge is -2.37. The molecule has 0 N–H and O–H groups in total. The second kappa shape index (κ2) is 9.72. The molecule has 1 unspecified atom stereocenters. The van der Waals surface area contributed by atoms with Gasteiger partial charge in [0.15, 0.2) is 0 Å². The molecule has 13 heteroatoms. The van der Waals surface area contributed by atoms with E-state index in [0.29, 0.717) is 35.5 Å². The van der Waals surface area contributed by atoms with Crippen molar-refractivity contribution < 1.29 is 22.8 Å². The molecule has 204 valence electrons. The number of hydrogen-bond acceptors (Lipinski definition) is 5. The molecule has 2 aliphatic rings. The predicted molar refractivity (Wildman–Crippen MR) is 134 cm³/mol. The molecule has 39 heavy (non-hydrogen) atoms. The Hall–Kier alpha value is -3.85. The number of hydrogen-bond donors (Lipinski definition) is 0. The normalized spacial score (nSPS) is 19.9. The van der Waals surface area contributed by atoms with Crippen molar-refractivity contribution in [3.63, 3.8) is 0 Å². The number of nitriles is 1. The number of halogens is 4. The van der Waals surface area contributed by atoms with Crippen molar-refractivity contribution in [2.75, 3.05) is 6.54 Å². The van der Waals surface area contributed by atoms with Crippen LogP contribution in [0.25, 0.3) is 0 Å².